The van der Waals surface area contributed by atoms with Crippen molar-refractivity contribution in [3.63, 3.8) is 0 Å². The van der Waals surface area contributed by atoms with Crippen LogP contribution >= 0.6 is 0 Å². The monoisotopic (exact) mass is 298 g/mol. The Balaban J connectivity index is 1.80. The molecule has 6 heteroatoms. The van der Waals surface area contributed by atoms with Crippen LogP contribution < -0.4 is 10.6 Å². The summed E-state index contributed by atoms with van der Waals surface area (Å²) in [6.45, 7) is 2.87. The van der Waals surface area contributed by atoms with E-state index in [9.17, 15) is 14.7 Å². The van der Waals surface area contributed by atoms with E-state index < -0.39 is 11.4 Å². The molecule has 1 saturated heterocycles. The highest BCUT2D eigenvalue weighted by Crippen LogP contribution is 2.35. The molecule has 2 amide bonds. The quantitative estimate of drug-likeness (QED) is 0.723. The molecule has 2 rings (SSSR count). The summed E-state index contributed by atoms with van der Waals surface area (Å²) in [5.41, 5.74) is -0.789. The lowest BCUT2D eigenvalue weighted by molar-refractivity contribution is -0.150. The summed E-state index contributed by atoms with van der Waals surface area (Å²) in [7, 11) is 0. The van der Waals surface area contributed by atoms with Gasteiger partial charge in [0.15, 0.2) is 0 Å². The Hall–Kier alpha value is -1.30. The average molecular weight is 298 g/mol. The molecule has 2 fully saturated rings. The maximum absolute atomic E-state index is 11.9. The fourth-order valence-electron chi connectivity index (χ4n) is 3.29. The van der Waals surface area contributed by atoms with Crippen LogP contribution in [0.25, 0.3) is 0 Å². The van der Waals surface area contributed by atoms with Crippen LogP contribution in [0.2, 0.25) is 0 Å². The molecule has 3 N–H and O–H groups in total. The predicted octanol–water partition coefficient (Wildman–Crippen LogP) is 1.89. The van der Waals surface area contributed by atoms with Gasteiger partial charge < -0.3 is 20.5 Å². The summed E-state index contributed by atoms with van der Waals surface area (Å²) < 4.78 is 5.53. The van der Waals surface area contributed by atoms with E-state index in [4.69, 9.17) is 4.74 Å². The van der Waals surface area contributed by atoms with Gasteiger partial charge in [0, 0.05) is 13.2 Å². The molecule has 2 aliphatic rings. The standard InChI is InChI=1S/C15H26N2O4/c1-11(12-6-5-9-21-12)17-14(20)16-10-15(13(18)19)7-3-2-4-8-15/h11-12H,2-10H2,1H3,(H,18,19)(H2,16,17,20). The first-order chi connectivity index (χ1) is 10.0. The van der Waals surface area contributed by atoms with Gasteiger partial charge >= 0.3 is 12.0 Å². The third-order valence-corrected chi connectivity index (χ3v) is 4.73. The van der Waals surface area contributed by atoms with Crippen LogP contribution in [0.3, 0.4) is 0 Å². The zero-order chi connectivity index (χ0) is 15.3. The van der Waals surface area contributed by atoms with Gasteiger partial charge in [-0.15, -0.1) is 0 Å². The molecule has 0 bridgehead atoms. The highest BCUT2D eigenvalue weighted by molar-refractivity contribution is 5.78. The number of carbonyl (C=O) groups is 2. The number of urea groups is 1. The van der Waals surface area contributed by atoms with E-state index >= 15 is 0 Å². The highest BCUT2D eigenvalue weighted by Gasteiger charge is 2.39. The average Bonchev–Trinajstić information content (AvgIpc) is 3.00. The SMILES string of the molecule is CC(NC(=O)NCC1(C(=O)O)CCCCC1)C1CCCO1. The van der Waals surface area contributed by atoms with Crippen molar-refractivity contribution in [3.8, 4) is 0 Å². The van der Waals surface area contributed by atoms with Crippen LogP contribution in [0.4, 0.5) is 4.79 Å². The van der Waals surface area contributed by atoms with Gasteiger partial charge in [0.1, 0.15) is 0 Å². The van der Waals surface area contributed by atoms with Gasteiger partial charge in [0.25, 0.3) is 0 Å². The third-order valence-electron chi connectivity index (χ3n) is 4.73. The van der Waals surface area contributed by atoms with Gasteiger partial charge in [-0.05, 0) is 32.6 Å². The van der Waals surface area contributed by atoms with Gasteiger partial charge in [-0.2, -0.15) is 0 Å². The maximum Gasteiger partial charge on any atom is 0.315 e. The van der Waals surface area contributed by atoms with Crippen molar-refractivity contribution in [3.05, 3.63) is 0 Å². The van der Waals surface area contributed by atoms with E-state index in [0.29, 0.717) is 12.8 Å². The van der Waals surface area contributed by atoms with Crippen molar-refractivity contribution < 1.29 is 19.4 Å². The van der Waals surface area contributed by atoms with E-state index in [1.807, 2.05) is 6.92 Å². The number of ether oxygens (including phenoxy) is 1. The number of carboxylic acid groups (broad SMARTS) is 1. The normalized spacial score (nSPS) is 26.0. The Morgan fingerprint density at radius 3 is 2.57 bits per heavy atom. The largest absolute Gasteiger partial charge is 0.481 e. The molecular formula is C15H26N2O4. The summed E-state index contributed by atoms with van der Waals surface area (Å²) in [5.74, 6) is -0.797. The second kappa shape index (κ2) is 7.11. The van der Waals surface area contributed by atoms with Gasteiger partial charge in [-0.25, -0.2) is 4.79 Å². The maximum atomic E-state index is 11.9. The zero-order valence-electron chi connectivity index (χ0n) is 12.7. The van der Waals surface area contributed by atoms with Crippen LogP contribution in [0.1, 0.15) is 51.9 Å². The molecule has 2 unspecified atom stereocenters. The second-order valence-electron chi connectivity index (χ2n) is 6.31. The minimum atomic E-state index is -0.797. The highest BCUT2D eigenvalue weighted by atomic mass is 16.5. The molecule has 21 heavy (non-hydrogen) atoms. The minimum Gasteiger partial charge on any atom is -0.481 e. The van der Waals surface area contributed by atoms with Crippen LogP contribution in [-0.4, -0.2) is 42.4 Å². The second-order valence-corrected chi connectivity index (χ2v) is 6.31. The molecule has 1 saturated carbocycles. The molecule has 1 aliphatic carbocycles. The van der Waals surface area contributed by atoms with Crippen molar-refractivity contribution in [2.45, 2.75) is 64.0 Å². The fourth-order valence-corrected chi connectivity index (χ4v) is 3.29. The van der Waals surface area contributed by atoms with Crippen LogP contribution in [0.5, 0.6) is 0 Å². The Morgan fingerprint density at radius 2 is 2.00 bits per heavy atom. The first-order valence-electron chi connectivity index (χ1n) is 7.93. The number of hydrogen-bond donors (Lipinski definition) is 3. The van der Waals surface area contributed by atoms with E-state index in [0.717, 1.165) is 38.7 Å². The third kappa shape index (κ3) is 4.09. The van der Waals surface area contributed by atoms with Gasteiger partial charge in [-0.3, -0.25) is 4.79 Å². The lowest BCUT2D eigenvalue weighted by Crippen LogP contribution is -2.50. The first kappa shape index (κ1) is 16.1. The molecule has 6 nitrogen and oxygen atoms in total. The lowest BCUT2D eigenvalue weighted by atomic mass is 9.74. The Labute approximate surface area is 125 Å². The summed E-state index contributed by atoms with van der Waals surface area (Å²) in [6, 6.07) is -0.358. The molecule has 0 aromatic rings. The van der Waals surface area contributed by atoms with Gasteiger partial charge in [0.05, 0.1) is 17.6 Å². The molecule has 0 aromatic heterocycles. The predicted molar refractivity (Wildman–Crippen MR) is 78.1 cm³/mol. The number of carbonyl (C=O) groups excluding carboxylic acids is 1. The molecule has 0 spiro atoms. The molecule has 0 radical (unpaired) electrons. The van der Waals surface area contributed by atoms with E-state index in [1.165, 1.54) is 0 Å². The zero-order valence-corrected chi connectivity index (χ0v) is 12.7. The van der Waals surface area contributed by atoms with Gasteiger partial charge in [0.2, 0.25) is 0 Å². The summed E-state index contributed by atoms with van der Waals surface area (Å²) in [4.78, 5) is 23.5. The van der Waals surface area contributed by atoms with Crippen LogP contribution in [-0.2, 0) is 9.53 Å². The van der Waals surface area contributed by atoms with E-state index in [2.05, 4.69) is 10.6 Å². The summed E-state index contributed by atoms with van der Waals surface area (Å²) in [6.07, 6.45) is 6.26. The molecule has 120 valence electrons. The Morgan fingerprint density at radius 1 is 1.29 bits per heavy atom. The number of nitrogens with one attached hydrogen (secondary N) is 2. The Bertz CT molecular complexity index is 374. The molecule has 1 aliphatic heterocycles. The molecule has 2 atom stereocenters. The van der Waals surface area contributed by atoms with Crippen molar-refractivity contribution in [1.29, 1.82) is 0 Å². The molecule has 1 heterocycles. The van der Waals surface area contributed by atoms with Crippen molar-refractivity contribution in [2.24, 2.45) is 5.41 Å². The first-order valence-corrected chi connectivity index (χ1v) is 7.93. The smallest absolute Gasteiger partial charge is 0.315 e. The van der Waals surface area contributed by atoms with Crippen LogP contribution in [0, 0.1) is 5.41 Å². The van der Waals surface area contributed by atoms with Crippen molar-refractivity contribution in [1.82, 2.24) is 10.6 Å². The number of aliphatic carboxylic acids is 1. The van der Waals surface area contributed by atoms with Crippen molar-refractivity contribution in [2.75, 3.05) is 13.2 Å². The topological polar surface area (TPSA) is 87.7 Å². The number of amides is 2. The van der Waals surface area contributed by atoms with Gasteiger partial charge in [-0.1, -0.05) is 19.3 Å². The van der Waals surface area contributed by atoms with E-state index in [1.54, 1.807) is 0 Å². The minimum absolute atomic E-state index is 0.0559. The molecule has 0 aromatic carbocycles. The number of hydrogen-bond acceptors (Lipinski definition) is 3. The fraction of sp³-hybridized carbons (Fsp3) is 0.867. The number of carboxylic acids is 1. The van der Waals surface area contributed by atoms with Crippen molar-refractivity contribution >= 4 is 12.0 Å². The van der Waals surface area contributed by atoms with Crippen LogP contribution in [0.15, 0.2) is 0 Å². The van der Waals surface area contributed by atoms with E-state index in [-0.39, 0.29) is 24.7 Å². The summed E-state index contributed by atoms with van der Waals surface area (Å²) >= 11 is 0. The molecular weight excluding hydrogens is 272 g/mol. The summed E-state index contributed by atoms with van der Waals surface area (Å²) in [5, 5.41) is 15.1. The Kier molecular flexibility index (Phi) is 5.45. The number of rotatable bonds is 5. The lowest BCUT2D eigenvalue weighted by Gasteiger charge is -2.33.